The maximum absolute atomic E-state index is 13.0. The van der Waals surface area contributed by atoms with Crippen LogP contribution in [0.25, 0.3) is 0 Å². The number of carbonyl (C=O) groups is 1. The molecule has 8 nitrogen and oxygen atoms in total. The fourth-order valence-corrected chi connectivity index (χ4v) is 4.19. The highest BCUT2D eigenvalue weighted by molar-refractivity contribution is 5.93. The number of morpholine rings is 1. The molecule has 1 N–H and O–H groups in total. The first-order valence-electron chi connectivity index (χ1n) is 9.99. The third-order valence-corrected chi connectivity index (χ3v) is 5.40. The molecule has 1 aromatic carbocycles. The Labute approximate surface area is 165 Å². The van der Waals surface area contributed by atoms with Crippen LogP contribution in [0.3, 0.4) is 0 Å². The molecular formula is C20H28N6O2. The van der Waals surface area contributed by atoms with Crippen LogP contribution in [-0.4, -0.2) is 64.1 Å². The summed E-state index contributed by atoms with van der Waals surface area (Å²) in [6.07, 6.45) is 5.56. The number of likely N-dealkylation sites (tertiary alicyclic amines) is 1. The maximum Gasteiger partial charge on any atom is 0.321 e. The van der Waals surface area contributed by atoms with Gasteiger partial charge >= 0.3 is 6.03 Å². The van der Waals surface area contributed by atoms with E-state index in [1.165, 1.54) is 0 Å². The Morgan fingerprint density at radius 1 is 1.18 bits per heavy atom. The van der Waals surface area contributed by atoms with Crippen LogP contribution in [0.5, 0.6) is 0 Å². The lowest BCUT2D eigenvalue weighted by Gasteiger charge is -2.38. The van der Waals surface area contributed by atoms with Crippen molar-refractivity contribution in [2.45, 2.75) is 44.9 Å². The minimum absolute atomic E-state index is 0.0633. The normalized spacial score (nSPS) is 25.6. The van der Waals surface area contributed by atoms with Gasteiger partial charge in [-0.2, -0.15) is 5.10 Å². The van der Waals surface area contributed by atoms with Gasteiger partial charge in [0.05, 0.1) is 29.6 Å². The third kappa shape index (κ3) is 4.11. The number of nitrogens with one attached hydrogen (secondary N) is 1. The summed E-state index contributed by atoms with van der Waals surface area (Å²) in [4.78, 5) is 21.2. The Hall–Kier alpha value is -2.61. The predicted molar refractivity (Wildman–Crippen MR) is 108 cm³/mol. The first-order chi connectivity index (χ1) is 13.6. The van der Waals surface area contributed by atoms with Gasteiger partial charge < -0.3 is 19.9 Å². The number of piperidine rings is 1. The second-order valence-electron chi connectivity index (χ2n) is 7.73. The van der Waals surface area contributed by atoms with E-state index in [0.29, 0.717) is 6.54 Å². The first kappa shape index (κ1) is 18.7. The molecule has 2 fully saturated rings. The average molecular weight is 384 g/mol. The Morgan fingerprint density at radius 2 is 1.96 bits per heavy atom. The first-order valence-corrected chi connectivity index (χ1v) is 9.99. The van der Waals surface area contributed by atoms with Crippen molar-refractivity contribution in [2.75, 3.05) is 36.4 Å². The second-order valence-corrected chi connectivity index (χ2v) is 7.73. The second kappa shape index (κ2) is 8.18. The van der Waals surface area contributed by atoms with Gasteiger partial charge in [-0.15, -0.1) is 0 Å². The molecule has 8 heteroatoms. The van der Waals surface area contributed by atoms with Crippen LogP contribution in [0.4, 0.5) is 16.2 Å². The van der Waals surface area contributed by atoms with Gasteiger partial charge in [0.2, 0.25) is 0 Å². The standard InChI is InChI=1S/C20H28N6O2/c1-15-10-25(11-16(2)28-15)19-8-4-3-7-18(19)23-20(27)24-9-5-6-17(12-24)26-14-21-13-22-26/h3-4,7-8,13-17H,5-6,9-12H2,1-2H3,(H,23,27). The highest BCUT2D eigenvalue weighted by atomic mass is 16.5. The van der Waals surface area contributed by atoms with Crippen LogP contribution in [0.1, 0.15) is 32.7 Å². The smallest absolute Gasteiger partial charge is 0.321 e. The lowest BCUT2D eigenvalue weighted by molar-refractivity contribution is -0.00517. The van der Waals surface area contributed by atoms with Gasteiger partial charge in [-0.05, 0) is 38.8 Å². The number of carbonyl (C=O) groups excluding carboxylic acids is 1. The number of rotatable bonds is 3. The zero-order valence-electron chi connectivity index (χ0n) is 16.5. The third-order valence-electron chi connectivity index (χ3n) is 5.40. The van der Waals surface area contributed by atoms with E-state index in [1.807, 2.05) is 27.8 Å². The van der Waals surface area contributed by atoms with Crippen LogP contribution >= 0.6 is 0 Å². The van der Waals surface area contributed by atoms with Crippen LogP contribution in [0.2, 0.25) is 0 Å². The summed E-state index contributed by atoms with van der Waals surface area (Å²) in [5.41, 5.74) is 1.89. The highest BCUT2D eigenvalue weighted by Crippen LogP contribution is 2.29. The van der Waals surface area contributed by atoms with Crippen LogP contribution in [0.15, 0.2) is 36.9 Å². The molecule has 3 unspecified atom stereocenters. The lowest BCUT2D eigenvalue weighted by atomic mass is 10.1. The summed E-state index contributed by atoms with van der Waals surface area (Å²) in [5, 5.41) is 7.37. The Balaban J connectivity index is 1.46. The number of aromatic nitrogens is 3. The van der Waals surface area contributed by atoms with E-state index in [9.17, 15) is 4.79 Å². The lowest BCUT2D eigenvalue weighted by Crippen LogP contribution is -2.46. The SMILES string of the molecule is CC1CN(c2ccccc2NC(=O)N2CCCC(n3cncn3)C2)CC(C)O1. The predicted octanol–water partition coefficient (Wildman–Crippen LogP) is 2.76. The van der Waals surface area contributed by atoms with Gasteiger partial charge in [-0.3, -0.25) is 0 Å². The van der Waals surface area contributed by atoms with E-state index >= 15 is 0 Å². The van der Waals surface area contributed by atoms with E-state index in [-0.39, 0.29) is 24.3 Å². The zero-order valence-corrected chi connectivity index (χ0v) is 16.5. The Kier molecular flexibility index (Phi) is 5.47. The number of benzene rings is 1. The number of hydrogen-bond acceptors (Lipinski definition) is 5. The molecule has 0 bridgehead atoms. The largest absolute Gasteiger partial charge is 0.372 e. The minimum atomic E-state index is -0.0633. The fourth-order valence-electron chi connectivity index (χ4n) is 4.19. The van der Waals surface area contributed by atoms with Gasteiger partial charge in [0, 0.05) is 26.2 Å². The van der Waals surface area contributed by atoms with E-state index in [2.05, 4.69) is 40.2 Å². The van der Waals surface area contributed by atoms with Crippen molar-refractivity contribution in [3.8, 4) is 0 Å². The fraction of sp³-hybridized carbons (Fsp3) is 0.550. The number of hydrogen-bond donors (Lipinski definition) is 1. The van der Waals surface area contributed by atoms with Crippen molar-refractivity contribution >= 4 is 17.4 Å². The van der Waals surface area contributed by atoms with E-state index in [1.54, 1.807) is 12.7 Å². The van der Waals surface area contributed by atoms with E-state index in [0.717, 1.165) is 43.9 Å². The maximum atomic E-state index is 13.0. The minimum Gasteiger partial charge on any atom is -0.372 e. The van der Waals surface area contributed by atoms with Crippen molar-refractivity contribution in [3.05, 3.63) is 36.9 Å². The summed E-state index contributed by atoms with van der Waals surface area (Å²) in [7, 11) is 0. The number of anilines is 2. The quantitative estimate of drug-likeness (QED) is 0.881. The molecule has 2 aliphatic rings. The number of para-hydroxylation sites is 2. The number of amides is 2. The molecule has 3 heterocycles. The van der Waals surface area contributed by atoms with Crippen LogP contribution in [-0.2, 0) is 4.74 Å². The van der Waals surface area contributed by atoms with Crippen molar-refractivity contribution in [3.63, 3.8) is 0 Å². The molecule has 4 rings (SSSR count). The molecule has 28 heavy (non-hydrogen) atoms. The van der Waals surface area contributed by atoms with Crippen molar-refractivity contribution in [1.82, 2.24) is 19.7 Å². The van der Waals surface area contributed by atoms with Crippen molar-refractivity contribution in [1.29, 1.82) is 0 Å². The molecular weight excluding hydrogens is 356 g/mol. The Bertz CT molecular complexity index is 786. The van der Waals surface area contributed by atoms with Gasteiger partial charge in [-0.1, -0.05) is 12.1 Å². The summed E-state index contributed by atoms with van der Waals surface area (Å²) >= 11 is 0. The molecule has 2 aliphatic heterocycles. The van der Waals surface area contributed by atoms with Gasteiger partial charge in [0.15, 0.2) is 0 Å². The number of urea groups is 1. The molecule has 1 aromatic heterocycles. The summed E-state index contributed by atoms with van der Waals surface area (Å²) in [6.45, 7) is 7.20. The Morgan fingerprint density at radius 3 is 2.71 bits per heavy atom. The van der Waals surface area contributed by atoms with Crippen molar-refractivity contribution < 1.29 is 9.53 Å². The summed E-state index contributed by atoms with van der Waals surface area (Å²) in [5.74, 6) is 0. The monoisotopic (exact) mass is 384 g/mol. The molecule has 3 atom stereocenters. The van der Waals surface area contributed by atoms with Crippen LogP contribution in [0, 0.1) is 0 Å². The number of nitrogens with zero attached hydrogens (tertiary/aromatic N) is 5. The molecule has 2 amide bonds. The molecule has 0 radical (unpaired) electrons. The van der Waals surface area contributed by atoms with E-state index < -0.39 is 0 Å². The highest BCUT2D eigenvalue weighted by Gasteiger charge is 2.27. The number of ether oxygens (including phenoxy) is 1. The molecule has 150 valence electrons. The van der Waals surface area contributed by atoms with Gasteiger partial charge in [0.1, 0.15) is 12.7 Å². The van der Waals surface area contributed by atoms with Crippen LogP contribution < -0.4 is 10.2 Å². The molecule has 0 saturated carbocycles. The molecule has 0 aliphatic carbocycles. The zero-order chi connectivity index (χ0) is 19.5. The van der Waals surface area contributed by atoms with Gasteiger partial charge in [0.25, 0.3) is 0 Å². The average Bonchev–Trinajstić information content (AvgIpc) is 3.22. The molecule has 2 saturated heterocycles. The van der Waals surface area contributed by atoms with E-state index in [4.69, 9.17) is 4.74 Å². The molecule has 2 aromatic rings. The summed E-state index contributed by atoms with van der Waals surface area (Å²) in [6, 6.07) is 8.12. The van der Waals surface area contributed by atoms with Gasteiger partial charge in [-0.25, -0.2) is 14.5 Å². The molecule has 0 spiro atoms. The van der Waals surface area contributed by atoms with Crippen molar-refractivity contribution in [2.24, 2.45) is 0 Å². The topological polar surface area (TPSA) is 75.5 Å². The summed E-state index contributed by atoms with van der Waals surface area (Å²) < 4.78 is 7.70.